The van der Waals surface area contributed by atoms with Crippen LogP contribution in [0.1, 0.15) is 31.4 Å². The van der Waals surface area contributed by atoms with E-state index in [1.165, 1.54) is 5.56 Å². The molecule has 5 nitrogen and oxygen atoms in total. The number of carboxylic acid groups (broad SMARTS) is 1. The third-order valence-electron chi connectivity index (χ3n) is 2.95. The number of aryl methyl sites for hydroxylation is 1. The van der Waals surface area contributed by atoms with Crippen molar-refractivity contribution in [2.45, 2.75) is 39.3 Å². The Kier molecular flexibility index (Phi) is 5.85. The Morgan fingerprint density at radius 1 is 1.21 bits per heavy atom. The molecule has 19 heavy (non-hydrogen) atoms. The van der Waals surface area contributed by atoms with Crippen molar-refractivity contribution in [3.05, 3.63) is 35.4 Å². The second kappa shape index (κ2) is 7.41. The Morgan fingerprint density at radius 3 is 2.37 bits per heavy atom. The highest BCUT2D eigenvalue weighted by Crippen LogP contribution is 2.08. The lowest BCUT2D eigenvalue weighted by molar-refractivity contribution is -0.139. The van der Waals surface area contributed by atoms with E-state index in [2.05, 4.69) is 17.6 Å². The number of amides is 2. The van der Waals surface area contributed by atoms with Crippen molar-refractivity contribution in [2.75, 3.05) is 0 Å². The summed E-state index contributed by atoms with van der Waals surface area (Å²) in [7, 11) is 0. The van der Waals surface area contributed by atoms with Crippen molar-refractivity contribution in [3.8, 4) is 0 Å². The van der Waals surface area contributed by atoms with Crippen molar-refractivity contribution >= 4 is 12.0 Å². The van der Waals surface area contributed by atoms with Crippen LogP contribution in [0.2, 0.25) is 0 Å². The molecule has 0 saturated heterocycles. The monoisotopic (exact) mass is 264 g/mol. The number of hydrogen-bond donors (Lipinski definition) is 3. The Hall–Kier alpha value is -2.04. The lowest BCUT2D eigenvalue weighted by Gasteiger charge is -2.14. The Labute approximate surface area is 113 Å². The zero-order chi connectivity index (χ0) is 14.3. The van der Waals surface area contributed by atoms with E-state index in [0.29, 0.717) is 13.0 Å². The first-order chi connectivity index (χ1) is 9.08. The average Bonchev–Trinajstić information content (AvgIpc) is 2.42. The molecular weight excluding hydrogens is 244 g/mol. The molecule has 1 rings (SSSR count). The fraction of sp³-hybridized carbons (Fsp3) is 0.429. The van der Waals surface area contributed by atoms with Gasteiger partial charge in [-0.25, -0.2) is 9.59 Å². The fourth-order valence-electron chi connectivity index (χ4n) is 1.80. The minimum absolute atomic E-state index is 0.355. The fourth-order valence-corrected chi connectivity index (χ4v) is 1.80. The van der Waals surface area contributed by atoms with Crippen molar-refractivity contribution in [3.63, 3.8) is 0 Å². The highest BCUT2D eigenvalue weighted by molar-refractivity contribution is 5.82. The summed E-state index contributed by atoms with van der Waals surface area (Å²) in [6.07, 6.45) is 1.25. The molecule has 0 heterocycles. The highest BCUT2D eigenvalue weighted by atomic mass is 16.4. The van der Waals surface area contributed by atoms with E-state index < -0.39 is 18.0 Å². The second-order valence-electron chi connectivity index (χ2n) is 4.25. The number of hydrogen-bond acceptors (Lipinski definition) is 2. The smallest absolute Gasteiger partial charge is 0.326 e. The summed E-state index contributed by atoms with van der Waals surface area (Å²) < 4.78 is 0. The molecule has 1 aromatic carbocycles. The Morgan fingerprint density at radius 2 is 1.84 bits per heavy atom. The van der Waals surface area contributed by atoms with E-state index in [-0.39, 0.29) is 0 Å². The van der Waals surface area contributed by atoms with E-state index in [9.17, 15) is 9.59 Å². The molecule has 2 amide bonds. The molecule has 0 spiro atoms. The van der Waals surface area contributed by atoms with Gasteiger partial charge in [-0.1, -0.05) is 38.1 Å². The van der Waals surface area contributed by atoms with Crippen LogP contribution in [-0.2, 0) is 17.8 Å². The van der Waals surface area contributed by atoms with Gasteiger partial charge in [0.15, 0.2) is 0 Å². The average molecular weight is 264 g/mol. The normalized spacial score (nSPS) is 11.7. The zero-order valence-corrected chi connectivity index (χ0v) is 11.3. The molecule has 104 valence electrons. The molecule has 0 radical (unpaired) electrons. The van der Waals surface area contributed by atoms with Crippen molar-refractivity contribution in [1.29, 1.82) is 0 Å². The Bertz CT molecular complexity index is 446. The van der Waals surface area contributed by atoms with Crippen LogP contribution >= 0.6 is 0 Å². The summed E-state index contributed by atoms with van der Waals surface area (Å²) in [6.45, 7) is 4.16. The minimum Gasteiger partial charge on any atom is -0.480 e. The molecule has 0 bridgehead atoms. The van der Waals surface area contributed by atoms with Gasteiger partial charge in [0.2, 0.25) is 0 Å². The number of carbonyl (C=O) groups excluding carboxylic acids is 1. The summed E-state index contributed by atoms with van der Waals surface area (Å²) in [5, 5.41) is 14.0. The number of carboxylic acids is 1. The van der Waals surface area contributed by atoms with E-state index in [4.69, 9.17) is 5.11 Å². The number of urea groups is 1. The first kappa shape index (κ1) is 15.0. The van der Waals surface area contributed by atoms with Crippen LogP contribution in [0.25, 0.3) is 0 Å². The third kappa shape index (κ3) is 4.62. The Balaban J connectivity index is 2.52. The molecule has 0 saturated carbocycles. The van der Waals surface area contributed by atoms with Gasteiger partial charge >= 0.3 is 12.0 Å². The second-order valence-corrected chi connectivity index (χ2v) is 4.25. The van der Waals surface area contributed by atoms with E-state index >= 15 is 0 Å². The largest absolute Gasteiger partial charge is 0.480 e. The van der Waals surface area contributed by atoms with Gasteiger partial charge in [0.05, 0.1) is 0 Å². The van der Waals surface area contributed by atoms with E-state index in [1.807, 2.05) is 24.3 Å². The van der Waals surface area contributed by atoms with Gasteiger partial charge < -0.3 is 15.7 Å². The molecule has 0 unspecified atom stereocenters. The SMILES string of the molecule is CCc1ccccc1CNC(=O)N[C@@H](CC)C(=O)O. The predicted molar refractivity (Wildman–Crippen MR) is 72.9 cm³/mol. The van der Waals surface area contributed by atoms with Crippen LogP contribution in [0.5, 0.6) is 0 Å². The molecule has 1 aromatic rings. The highest BCUT2D eigenvalue weighted by Gasteiger charge is 2.17. The van der Waals surface area contributed by atoms with Crippen molar-refractivity contribution in [2.24, 2.45) is 0 Å². The minimum atomic E-state index is -1.02. The van der Waals surface area contributed by atoms with Gasteiger partial charge in [0.25, 0.3) is 0 Å². The van der Waals surface area contributed by atoms with Gasteiger partial charge in [-0.15, -0.1) is 0 Å². The maximum atomic E-state index is 11.6. The first-order valence-corrected chi connectivity index (χ1v) is 6.42. The third-order valence-corrected chi connectivity index (χ3v) is 2.95. The standard InChI is InChI=1S/C14H20N2O3/c1-3-10-7-5-6-8-11(10)9-15-14(19)16-12(4-2)13(17)18/h5-8,12H,3-4,9H2,1-2H3,(H,17,18)(H2,15,16,19)/t12-/m0/s1. The summed E-state index contributed by atoms with van der Waals surface area (Å²) in [6, 6.07) is 6.54. The molecule has 0 aliphatic carbocycles. The summed E-state index contributed by atoms with van der Waals surface area (Å²) in [5.41, 5.74) is 2.22. The number of rotatable bonds is 6. The van der Waals surface area contributed by atoms with Crippen LogP contribution in [0, 0.1) is 0 Å². The maximum absolute atomic E-state index is 11.6. The summed E-state index contributed by atoms with van der Waals surface area (Å²) in [5.74, 6) is -1.02. The van der Waals surface area contributed by atoms with Gasteiger partial charge in [0, 0.05) is 6.54 Å². The van der Waals surface area contributed by atoms with Gasteiger partial charge in [-0.2, -0.15) is 0 Å². The molecule has 0 fully saturated rings. The topological polar surface area (TPSA) is 78.4 Å². The van der Waals surface area contributed by atoms with Crippen LogP contribution in [-0.4, -0.2) is 23.1 Å². The quantitative estimate of drug-likeness (QED) is 0.734. The molecule has 3 N–H and O–H groups in total. The molecule has 5 heteroatoms. The molecule has 0 aliphatic heterocycles. The lowest BCUT2D eigenvalue weighted by atomic mass is 10.1. The van der Waals surface area contributed by atoms with Crippen molar-refractivity contribution < 1.29 is 14.7 Å². The number of benzene rings is 1. The predicted octanol–water partition coefficient (Wildman–Crippen LogP) is 1.91. The molecule has 1 atom stereocenters. The number of carbonyl (C=O) groups is 2. The molecular formula is C14H20N2O3. The van der Waals surface area contributed by atoms with Crippen LogP contribution in [0.3, 0.4) is 0 Å². The maximum Gasteiger partial charge on any atom is 0.326 e. The lowest BCUT2D eigenvalue weighted by Crippen LogP contribution is -2.45. The van der Waals surface area contributed by atoms with Gasteiger partial charge in [-0.05, 0) is 24.0 Å². The number of nitrogens with one attached hydrogen (secondary N) is 2. The van der Waals surface area contributed by atoms with Crippen molar-refractivity contribution in [1.82, 2.24) is 10.6 Å². The zero-order valence-electron chi connectivity index (χ0n) is 11.3. The van der Waals surface area contributed by atoms with Gasteiger partial charge in [-0.3, -0.25) is 0 Å². The number of aliphatic carboxylic acids is 1. The van der Waals surface area contributed by atoms with Crippen LogP contribution in [0.15, 0.2) is 24.3 Å². The summed E-state index contributed by atoms with van der Waals surface area (Å²) in [4.78, 5) is 22.4. The van der Waals surface area contributed by atoms with Crippen LogP contribution < -0.4 is 10.6 Å². The summed E-state index contributed by atoms with van der Waals surface area (Å²) >= 11 is 0. The van der Waals surface area contributed by atoms with E-state index in [1.54, 1.807) is 6.92 Å². The molecule has 0 aromatic heterocycles. The van der Waals surface area contributed by atoms with Gasteiger partial charge in [0.1, 0.15) is 6.04 Å². The first-order valence-electron chi connectivity index (χ1n) is 6.42. The van der Waals surface area contributed by atoms with E-state index in [0.717, 1.165) is 12.0 Å². The van der Waals surface area contributed by atoms with Crippen LogP contribution in [0.4, 0.5) is 4.79 Å². The molecule has 0 aliphatic rings.